The number of hydrogen-bond donors (Lipinski definition) is 0. The Hall–Kier alpha value is -3.88. The van der Waals surface area contributed by atoms with Crippen LogP contribution in [-0.2, 0) is 6.54 Å². The van der Waals surface area contributed by atoms with Gasteiger partial charge >= 0.3 is 0 Å². The molecule has 4 aromatic rings. The molecule has 0 N–H and O–H groups in total. The van der Waals surface area contributed by atoms with E-state index in [4.69, 9.17) is 18.7 Å². The maximum atomic E-state index is 12.6. The van der Waals surface area contributed by atoms with E-state index in [-0.39, 0.29) is 18.0 Å². The Bertz CT molecular complexity index is 1210. The SMILES string of the molecule is COc1cc(-c2nc(Cn3cnc4ccccc4c3=O)no2)cc(OC)c1OC. The van der Waals surface area contributed by atoms with Crippen LogP contribution < -0.4 is 19.8 Å². The number of benzene rings is 2. The summed E-state index contributed by atoms with van der Waals surface area (Å²) >= 11 is 0. The van der Waals surface area contributed by atoms with Crippen LogP contribution in [0, 0.1) is 0 Å². The highest BCUT2D eigenvalue weighted by molar-refractivity contribution is 5.76. The fraction of sp³-hybridized carbons (Fsp3) is 0.200. The lowest BCUT2D eigenvalue weighted by molar-refractivity contribution is 0.324. The van der Waals surface area contributed by atoms with Crippen LogP contribution in [0.1, 0.15) is 5.82 Å². The van der Waals surface area contributed by atoms with Crippen LogP contribution in [0.5, 0.6) is 17.2 Å². The number of nitrogens with zero attached hydrogens (tertiary/aromatic N) is 4. The molecule has 0 aliphatic rings. The molecule has 29 heavy (non-hydrogen) atoms. The van der Waals surface area contributed by atoms with Crippen molar-refractivity contribution < 1.29 is 18.7 Å². The number of methoxy groups -OCH3 is 3. The summed E-state index contributed by atoms with van der Waals surface area (Å²) in [7, 11) is 4.58. The Balaban J connectivity index is 1.68. The summed E-state index contributed by atoms with van der Waals surface area (Å²) in [5.41, 5.74) is 1.07. The van der Waals surface area contributed by atoms with Crippen molar-refractivity contribution in [3.63, 3.8) is 0 Å². The first kappa shape index (κ1) is 18.5. The van der Waals surface area contributed by atoms with Crippen LogP contribution in [0.3, 0.4) is 0 Å². The first-order valence-electron chi connectivity index (χ1n) is 8.71. The van der Waals surface area contributed by atoms with Crippen molar-refractivity contribution in [3.05, 3.63) is 58.9 Å². The molecule has 0 aliphatic carbocycles. The summed E-state index contributed by atoms with van der Waals surface area (Å²) in [6, 6.07) is 10.6. The normalized spacial score (nSPS) is 10.9. The lowest BCUT2D eigenvalue weighted by Crippen LogP contribution is -2.21. The summed E-state index contributed by atoms with van der Waals surface area (Å²) < 4.78 is 22.8. The van der Waals surface area contributed by atoms with Crippen LogP contribution in [-0.4, -0.2) is 41.0 Å². The van der Waals surface area contributed by atoms with Crippen LogP contribution in [0.25, 0.3) is 22.4 Å². The predicted molar refractivity (Wildman–Crippen MR) is 104 cm³/mol. The van der Waals surface area contributed by atoms with Gasteiger partial charge in [-0.3, -0.25) is 9.36 Å². The average Bonchev–Trinajstić information content (AvgIpc) is 3.23. The Morgan fingerprint density at radius 2 is 1.76 bits per heavy atom. The van der Waals surface area contributed by atoms with Crippen molar-refractivity contribution in [2.75, 3.05) is 21.3 Å². The number of fused-ring (bicyclic) bond motifs is 1. The van der Waals surface area contributed by atoms with Crippen molar-refractivity contribution in [2.24, 2.45) is 0 Å². The zero-order valence-corrected chi connectivity index (χ0v) is 16.1. The highest BCUT2D eigenvalue weighted by Gasteiger charge is 2.18. The highest BCUT2D eigenvalue weighted by Crippen LogP contribution is 2.40. The maximum absolute atomic E-state index is 12.6. The van der Waals surface area contributed by atoms with Crippen molar-refractivity contribution in [2.45, 2.75) is 6.54 Å². The lowest BCUT2D eigenvalue weighted by atomic mass is 10.2. The summed E-state index contributed by atoms with van der Waals surface area (Å²) in [4.78, 5) is 21.3. The van der Waals surface area contributed by atoms with E-state index in [0.29, 0.717) is 39.5 Å². The van der Waals surface area contributed by atoms with Crippen molar-refractivity contribution in [1.82, 2.24) is 19.7 Å². The van der Waals surface area contributed by atoms with Gasteiger partial charge in [-0.2, -0.15) is 4.98 Å². The Labute approximate surface area is 165 Å². The fourth-order valence-electron chi connectivity index (χ4n) is 3.01. The highest BCUT2D eigenvalue weighted by atomic mass is 16.5. The molecule has 0 bridgehead atoms. The van der Waals surface area contributed by atoms with Gasteiger partial charge in [0.2, 0.25) is 5.75 Å². The second-order valence-corrected chi connectivity index (χ2v) is 6.12. The van der Waals surface area contributed by atoms with E-state index in [2.05, 4.69) is 15.1 Å². The average molecular weight is 394 g/mol. The molecule has 0 unspecified atom stereocenters. The lowest BCUT2D eigenvalue weighted by Gasteiger charge is -2.12. The van der Waals surface area contributed by atoms with Gasteiger partial charge in [-0.05, 0) is 24.3 Å². The summed E-state index contributed by atoms with van der Waals surface area (Å²) in [5, 5.41) is 4.51. The van der Waals surface area contributed by atoms with Crippen LogP contribution in [0.2, 0.25) is 0 Å². The monoisotopic (exact) mass is 394 g/mol. The zero-order valence-electron chi connectivity index (χ0n) is 16.1. The molecular formula is C20H18N4O5. The minimum Gasteiger partial charge on any atom is -0.493 e. The largest absolute Gasteiger partial charge is 0.493 e. The molecule has 148 valence electrons. The van der Waals surface area contributed by atoms with E-state index in [9.17, 15) is 4.79 Å². The molecule has 9 nitrogen and oxygen atoms in total. The van der Waals surface area contributed by atoms with E-state index in [1.807, 2.05) is 6.07 Å². The van der Waals surface area contributed by atoms with E-state index >= 15 is 0 Å². The molecule has 4 rings (SSSR count). The van der Waals surface area contributed by atoms with Crippen LogP contribution >= 0.6 is 0 Å². The molecule has 0 radical (unpaired) electrons. The van der Waals surface area contributed by atoms with E-state index < -0.39 is 0 Å². The van der Waals surface area contributed by atoms with Gasteiger partial charge in [0.1, 0.15) is 0 Å². The molecule has 0 atom stereocenters. The van der Waals surface area contributed by atoms with Gasteiger partial charge < -0.3 is 18.7 Å². The number of hydrogen-bond acceptors (Lipinski definition) is 8. The fourth-order valence-corrected chi connectivity index (χ4v) is 3.01. The topological polar surface area (TPSA) is 102 Å². The first-order valence-corrected chi connectivity index (χ1v) is 8.71. The maximum Gasteiger partial charge on any atom is 0.261 e. The molecule has 0 saturated heterocycles. The van der Waals surface area contributed by atoms with Crippen molar-refractivity contribution >= 4 is 10.9 Å². The third-order valence-corrected chi connectivity index (χ3v) is 4.42. The minimum absolute atomic E-state index is 0.130. The third-order valence-electron chi connectivity index (χ3n) is 4.42. The van der Waals surface area contributed by atoms with E-state index in [0.717, 1.165) is 0 Å². The number of para-hydroxylation sites is 1. The molecule has 2 aromatic heterocycles. The summed E-state index contributed by atoms with van der Waals surface area (Å²) in [5.74, 6) is 2.01. The third kappa shape index (κ3) is 3.38. The molecule has 9 heteroatoms. The van der Waals surface area contributed by atoms with Gasteiger partial charge in [0.05, 0.1) is 45.1 Å². The molecule has 2 heterocycles. The van der Waals surface area contributed by atoms with Gasteiger partial charge in [0.25, 0.3) is 11.4 Å². The van der Waals surface area contributed by atoms with Crippen LogP contribution in [0.15, 0.2) is 52.0 Å². The molecule has 0 spiro atoms. The molecule has 0 aliphatic heterocycles. The second kappa shape index (κ2) is 7.63. The van der Waals surface area contributed by atoms with E-state index in [1.165, 1.54) is 32.2 Å². The number of ether oxygens (including phenoxy) is 3. The Morgan fingerprint density at radius 1 is 1.03 bits per heavy atom. The zero-order chi connectivity index (χ0) is 20.4. The molecule has 0 saturated carbocycles. The van der Waals surface area contributed by atoms with Gasteiger partial charge in [0, 0.05) is 5.56 Å². The van der Waals surface area contributed by atoms with Gasteiger partial charge in [-0.15, -0.1) is 0 Å². The van der Waals surface area contributed by atoms with E-state index in [1.54, 1.807) is 30.3 Å². The van der Waals surface area contributed by atoms with Crippen LogP contribution in [0.4, 0.5) is 0 Å². The predicted octanol–water partition coefficient (Wildman–Crippen LogP) is 2.52. The second-order valence-electron chi connectivity index (χ2n) is 6.12. The summed E-state index contributed by atoms with van der Waals surface area (Å²) in [6.07, 6.45) is 1.47. The number of rotatable bonds is 6. The Kier molecular flexibility index (Phi) is 4.86. The molecular weight excluding hydrogens is 376 g/mol. The molecule has 0 amide bonds. The van der Waals surface area contributed by atoms with Crippen molar-refractivity contribution in [3.8, 4) is 28.7 Å². The minimum atomic E-state index is -0.172. The first-order chi connectivity index (χ1) is 14.1. The number of aromatic nitrogens is 4. The summed E-state index contributed by atoms with van der Waals surface area (Å²) in [6.45, 7) is 0.130. The smallest absolute Gasteiger partial charge is 0.261 e. The van der Waals surface area contributed by atoms with Gasteiger partial charge in [-0.25, -0.2) is 4.98 Å². The van der Waals surface area contributed by atoms with Crippen molar-refractivity contribution in [1.29, 1.82) is 0 Å². The van der Waals surface area contributed by atoms with Gasteiger partial charge in [0.15, 0.2) is 17.3 Å². The van der Waals surface area contributed by atoms with Gasteiger partial charge in [-0.1, -0.05) is 17.3 Å². The Morgan fingerprint density at radius 3 is 2.45 bits per heavy atom. The molecule has 2 aromatic carbocycles. The standard InChI is InChI=1S/C20H18N4O5/c1-26-15-8-12(9-16(27-2)18(15)28-3)19-22-17(23-29-19)10-24-11-21-14-7-5-4-6-13(14)20(24)25/h4-9,11H,10H2,1-3H3. The molecule has 0 fully saturated rings. The quantitative estimate of drug-likeness (QED) is 0.492.